The summed E-state index contributed by atoms with van der Waals surface area (Å²) in [6.45, 7) is 7.24. The van der Waals surface area contributed by atoms with Gasteiger partial charge in [-0.25, -0.2) is 0 Å². The Bertz CT molecular complexity index is 129. The standard InChI is InChI=1S/C18H37O/c1-3-5-6-7-8-9-10-11-12-13-14-15-16-18-19-17-4-2/h17H,3-16,18H2,1-2H3. The Kier molecular flexibility index (Phi) is 17.9. The smallest absolute Gasteiger partial charge is 0.0833 e. The minimum atomic E-state index is 0.922. The summed E-state index contributed by atoms with van der Waals surface area (Å²) in [6.07, 6.45) is 19.4. The van der Waals surface area contributed by atoms with Crippen molar-refractivity contribution >= 4 is 0 Å². The monoisotopic (exact) mass is 269 g/mol. The van der Waals surface area contributed by atoms with Gasteiger partial charge < -0.3 is 4.74 Å². The first-order chi connectivity index (χ1) is 9.41. The topological polar surface area (TPSA) is 9.23 Å². The molecule has 1 nitrogen and oxygen atoms in total. The molecule has 0 aliphatic heterocycles. The highest BCUT2D eigenvalue weighted by molar-refractivity contribution is 4.49. The molecule has 0 bridgehead atoms. The number of rotatable bonds is 16. The molecule has 0 aromatic rings. The summed E-state index contributed by atoms with van der Waals surface area (Å²) in [5.74, 6) is 0. The lowest BCUT2D eigenvalue weighted by Crippen LogP contribution is -1.91. The SMILES string of the molecule is CC[CH]OCCCCCCCCCCCCCCC. The molecule has 0 N–H and O–H groups in total. The van der Waals surface area contributed by atoms with Crippen LogP contribution in [0.25, 0.3) is 0 Å². The average Bonchev–Trinajstić information content (AvgIpc) is 2.43. The van der Waals surface area contributed by atoms with Crippen LogP contribution >= 0.6 is 0 Å². The molecule has 1 heteroatoms. The Hall–Kier alpha value is -0.0400. The highest BCUT2D eigenvalue weighted by atomic mass is 16.5. The Morgan fingerprint density at radius 3 is 1.42 bits per heavy atom. The van der Waals surface area contributed by atoms with Gasteiger partial charge in [-0.1, -0.05) is 90.9 Å². The van der Waals surface area contributed by atoms with Gasteiger partial charge in [0.1, 0.15) is 0 Å². The predicted octanol–water partition coefficient (Wildman–Crippen LogP) is 6.67. The molecule has 0 aromatic heterocycles. The quantitative estimate of drug-likeness (QED) is 0.284. The second kappa shape index (κ2) is 18.0. The Morgan fingerprint density at radius 2 is 1.00 bits per heavy atom. The third-order valence-corrected chi connectivity index (χ3v) is 3.65. The zero-order valence-electron chi connectivity index (χ0n) is 13.6. The Balaban J connectivity index is 2.88. The van der Waals surface area contributed by atoms with Crippen molar-refractivity contribution in [3.8, 4) is 0 Å². The van der Waals surface area contributed by atoms with E-state index in [2.05, 4.69) is 13.8 Å². The maximum atomic E-state index is 5.36. The van der Waals surface area contributed by atoms with Gasteiger partial charge in [-0.2, -0.15) is 0 Å². The molecule has 0 heterocycles. The van der Waals surface area contributed by atoms with Gasteiger partial charge in [0.05, 0.1) is 6.61 Å². The maximum Gasteiger partial charge on any atom is 0.0833 e. The van der Waals surface area contributed by atoms with E-state index >= 15 is 0 Å². The molecule has 1 radical (unpaired) electrons. The molecule has 0 saturated heterocycles. The highest BCUT2D eigenvalue weighted by Gasteiger charge is 1.94. The van der Waals surface area contributed by atoms with Crippen molar-refractivity contribution in [1.82, 2.24) is 0 Å². The number of unbranched alkanes of at least 4 members (excludes halogenated alkanes) is 12. The summed E-state index contributed by atoms with van der Waals surface area (Å²) in [7, 11) is 0. The van der Waals surface area contributed by atoms with Crippen molar-refractivity contribution in [3.63, 3.8) is 0 Å². The molecule has 0 atom stereocenters. The Labute approximate surface area is 122 Å². The number of ether oxygens (including phenoxy) is 1. The molecule has 0 aromatic carbocycles. The van der Waals surface area contributed by atoms with Crippen LogP contribution in [0.15, 0.2) is 0 Å². The summed E-state index contributed by atoms with van der Waals surface area (Å²) in [6, 6.07) is 0. The lowest BCUT2D eigenvalue weighted by molar-refractivity contribution is 0.188. The van der Waals surface area contributed by atoms with Crippen LogP contribution in [0.1, 0.15) is 104 Å². The van der Waals surface area contributed by atoms with Crippen LogP contribution in [0.2, 0.25) is 0 Å². The van der Waals surface area contributed by atoms with Crippen LogP contribution in [-0.2, 0) is 4.74 Å². The molecule has 0 unspecified atom stereocenters. The summed E-state index contributed by atoms with van der Waals surface area (Å²) in [4.78, 5) is 0. The van der Waals surface area contributed by atoms with Crippen molar-refractivity contribution < 1.29 is 4.74 Å². The van der Waals surface area contributed by atoms with Gasteiger partial charge in [0.15, 0.2) is 0 Å². The van der Waals surface area contributed by atoms with Crippen molar-refractivity contribution in [2.75, 3.05) is 6.61 Å². The van der Waals surface area contributed by atoms with Gasteiger partial charge in [-0.3, -0.25) is 0 Å². The van der Waals surface area contributed by atoms with Crippen LogP contribution in [0.5, 0.6) is 0 Å². The molecule has 0 amide bonds. The lowest BCUT2D eigenvalue weighted by atomic mass is 10.0. The third-order valence-electron chi connectivity index (χ3n) is 3.65. The van der Waals surface area contributed by atoms with E-state index < -0.39 is 0 Å². The van der Waals surface area contributed by atoms with Crippen molar-refractivity contribution in [1.29, 1.82) is 0 Å². The minimum Gasteiger partial charge on any atom is -0.376 e. The van der Waals surface area contributed by atoms with Gasteiger partial charge in [0.25, 0.3) is 0 Å². The van der Waals surface area contributed by atoms with Crippen molar-refractivity contribution in [2.24, 2.45) is 0 Å². The van der Waals surface area contributed by atoms with E-state index in [9.17, 15) is 0 Å². The molecule has 0 aliphatic rings. The fraction of sp³-hybridized carbons (Fsp3) is 0.944. The van der Waals surface area contributed by atoms with E-state index in [0.717, 1.165) is 13.0 Å². The molecule has 19 heavy (non-hydrogen) atoms. The van der Waals surface area contributed by atoms with E-state index in [0.29, 0.717) is 0 Å². The van der Waals surface area contributed by atoms with Crippen LogP contribution in [0, 0.1) is 6.61 Å². The van der Waals surface area contributed by atoms with Gasteiger partial charge in [-0.05, 0) is 12.8 Å². The zero-order chi connectivity index (χ0) is 14.0. The van der Waals surface area contributed by atoms with Gasteiger partial charge in [0.2, 0.25) is 0 Å². The second-order valence-electron chi connectivity index (χ2n) is 5.69. The molecule has 0 aliphatic carbocycles. The highest BCUT2D eigenvalue weighted by Crippen LogP contribution is 2.12. The molecule has 0 spiro atoms. The van der Waals surface area contributed by atoms with Gasteiger partial charge in [0, 0.05) is 6.61 Å². The van der Waals surface area contributed by atoms with Crippen LogP contribution in [0.3, 0.4) is 0 Å². The fourth-order valence-corrected chi connectivity index (χ4v) is 2.40. The summed E-state index contributed by atoms with van der Waals surface area (Å²) in [5, 5.41) is 0. The first kappa shape index (κ1) is 19.0. The first-order valence-electron chi connectivity index (χ1n) is 8.85. The first-order valence-corrected chi connectivity index (χ1v) is 8.85. The van der Waals surface area contributed by atoms with E-state index in [1.165, 1.54) is 83.5 Å². The summed E-state index contributed by atoms with van der Waals surface area (Å²) >= 11 is 0. The van der Waals surface area contributed by atoms with Gasteiger partial charge in [-0.15, -0.1) is 0 Å². The van der Waals surface area contributed by atoms with Crippen LogP contribution in [-0.4, -0.2) is 6.61 Å². The molecule has 0 saturated carbocycles. The minimum absolute atomic E-state index is 0.922. The van der Waals surface area contributed by atoms with Crippen molar-refractivity contribution in [3.05, 3.63) is 6.61 Å². The van der Waals surface area contributed by atoms with E-state index in [-0.39, 0.29) is 0 Å². The molecule has 0 rings (SSSR count). The van der Waals surface area contributed by atoms with Crippen LogP contribution in [0.4, 0.5) is 0 Å². The molecular formula is C18H37O. The number of hydrogen-bond donors (Lipinski definition) is 0. The molecule has 115 valence electrons. The second-order valence-corrected chi connectivity index (χ2v) is 5.69. The molecular weight excluding hydrogens is 232 g/mol. The van der Waals surface area contributed by atoms with Crippen molar-refractivity contribution in [2.45, 2.75) is 104 Å². The van der Waals surface area contributed by atoms with E-state index in [1.54, 1.807) is 0 Å². The predicted molar refractivity (Wildman–Crippen MR) is 86.2 cm³/mol. The zero-order valence-corrected chi connectivity index (χ0v) is 13.6. The average molecular weight is 269 g/mol. The number of hydrogen-bond acceptors (Lipinski definition) is 1. The van der Waals surface area contributed by atoms with Crippen LogP contribution < -0.4 is 0 Å². The summed E-state index contributed by atoms with van der Waals surface area (Å²) < 4.78 is 5.36. The molecule has 0 fully saturated rings. The fourth-order valence-electron chi connectivity index (χ4n) is 2.40. The largest absolute Gasteiger partial charge is 0.376 e. The van der Waals surface area contributed by atoms with E-state index in [1.807, 2.05) is 6.61 Å². The third kappa shape index (κ3) is 18.0. The maximum absolute atomic E-state index is 5.36. The lowest BCUT2D eigenvalue weighted by Gasteiger charge is -2.03. The Morgan fingerprint density at radius 1 is 0.579 bits per heavy atom. The normalized spacial score (nSPS) is 11.1. The van der Waals surface area contributed by atoms with E-state index in [4.69, 9.17) is 4.74 Å². The van der Waals surface area contributed by atoms with Gasteiger partial charge >= 0.3 is 0 Å². The summed E-state index contributed by atoms with van der Waals surface area (Å²) in [5.41, 5.74) is 0.